The summed E-state index contributed by atoms with van der Waals surface area (Å²) >= 11 is 10.2. The van der Waals surface area contributed by atoms with E-state index in [1.165, 1.54) is 12.3 Å². The summed E-state index contributed by atoms with van der Waals surface area (Å²) in [5.74, 6) is 0.0334. The number of nitrogens with two attached hydrogens (primary N) is 1. The van der Waals surface area contributed by atoms with Crippen LogP contribution in [-0.4, -0.2) is 16.4 Å². The van der Waals surface area contributed by atoms with Crippen molar-refractivity contribution in [3.8, 4) is 5.75 Å². The first-order valence-electron chi connectivity index (χ1n) is 3.66. The van der Waals surface area contributed by atoms with Gasteiger partial charge in [-0.05, 0) is 36.0 Å². The molecule has 0 saturated heterocycles. The maximum atomic E-state index is 9.12. The van der Waals surface area contributed by atoms with Crippen LogP contribution in [0, 0.1) is 0 Å². The molecular weight excluding hydrogens is 222 g/mol. The van der Waals surface area contributed by atoms with Gasteiger partial charge < -0.3 is 10.8 Å². The zero-order chi connectivity index (χ0) is 10.6. The monoisotopic (exact) mass is 229 g/mol. The second-order valence-electron chi connectivity index (χ2n) is 2.45. The number of hydrazone groups is 1. The first-order valence-corrected chi connectivity index (χ1v) is 4.45. The second-order valence-corrected chi connectivity index (χ2v) is 3.29. The number of hydrogen-bond donors (Lipinski definition) is 3. The van der Waals surface area contributed by atoms with Crippen molar-refractivity contribution >= 4 is 35.1 Å². The number of rotatable bonds is 2. The van der Waals surface area contributed by atoms with Gasteiger partial charge in [-0.15, -0.1) is 0 Å². The standard InChI is InChI=1S/C8H8ClN3OS/c9-6-3-5(1-2-7(6)13)4-11-12-8(10)14/h1-4,13H,(H3,10,12,14). The Hall–Kier alpha value is -1.33. The Kier molecular flexibility index (Phi) is 3.67. The molecule has 1 rings (SSSR count). The van der Waals surface area contributed by atoms with Gasteiger partial charge in [-0.3, -0.25) is 5.43 Å². The van der Waals surface area contributed by atoms with E-state index in [0.717, 1.165) is 5.56 Å². The molecule has 0 fully saturated rings. The van der Waals surface area contributed by atoms with E-state index in [2.05, 4.69) is 22.7 Å². The molecule has 0 bridgehead atoms. The van der Waals surface area contributed by atoms with Crippen LogP contribution in [0.25, 0.3) is 0 Å². The van der Waals surface area contributed by atoms with Gasteiger partial charge in [-0.1, -0.05) is 11.6 Å². The van der Waals surface area contributed by atoms with Gasteiger partial charge in [0, 0.05) is 0 Å². The van der Waals surface area contributed by atoms with Gasteiger partial charge >= 0.3 is 0 Å². The van der Waals surface area contributed by atoms with E-state index in [0.29, 0.717) is 0 Å². The maximum absolute atomic E-state index is 9.12. The second kappa shape index (κ2) is 4.78. The molecule has 14 heavy (non-hydrogen) atoms. The molecular formula is C8H8ClN3OS. The third-order valence-electron chi connectivity index (χ3n) is 1.36. The van der Waals surface area contributed by atoms with Gasteiger partial charge in [0.2, 0.25) is 0 Å². The molecule has 0 aliphatic rings. The molecule has 4 nitrogen and oxygen atoms in total. The highest BCUT2D eigenvalue weighted by molar-refractivity contribution is 7.80. The van der Waals surface area contributed by atoms with Crippen molar-refractivity contribution < 1.29 is 5.11 Å². The highest BCUT2D eigenvalue weighted by Gasteiger charge is 1.97. The topological polar surface area (TPSA) is 70.6 Å². The molecule has 0 radical (unpaired) electrons. The van der Waals surface area contributed by atoms with Crippen LogP contribution >= 0.6 is 23.8 Å². The average molecular weight is 230 g/mol. The van der Waals surface area contributed by atoms with Gasteiger partial charge in [0.25, 0.3) is 0 Å². The number of nitrogens with zero attached hydrogens (tertiary/aromatic N) is 1. The normalized spacial score (nSPS) is 10.4. The van der Waals surface area contributed by atoms with Crippen LogP contribution in [0.1, 0.15) is 5.56 Å². The molecule has 74 valence electrons. The van der Waals surface area contributed by atoms with Gasteiger partial charge in [-0.2, -0.15) is 5.10 Å². The van der Waals surface area contributed by atoms with Crippen LogP contribution in [0.2, 0.25) is 5.02 Å². The van der Waals surface area contributed by atoms with Crippen molar-refractivity contribution in [3.05, 3.63) is 28.8 Å². The van der Waals surface area contributed by atoms with Crippen LogP contribution in [0.3, 0.4) is 0 Å². The summed E-state index contributed by atoms with van der Waals surface area (Å²) in [5.41, 5.74) is 8.29. The van der Waals surface area contributed by atoms with Gasteiger partial charge in [0.05, 0.1) is 11.2 Å². The summed E-state index contributed by atoms with van der Waals surface area (Å²) in [6.45, 7) is 0. The van der Waals surface area contributed by atoms with Crippen LogP contribution in [0.5, 0.6) is 5.75 Å². The molecule has 0 aliphatic carbocycles. The molecule has 1 aromatic carbocycles. The molecule has 0 aromatic heterocycles. The van der Waals surface area contributed by atoms with Crippen molar-refractivity contribution in [2.75, 3.05) is 0 Å². The SMILES string of the molecule is NC(=S)NN=Cc1ccc(O)c(Cl)c1. The zero-order valence-electron chi connectivity index (χ0n) is 7.07. The van der Waals surface area contributed by atoms with Crippen molar-refractivity contribution in [1.82, 2.24) is 5.43 Å². The van der Waals surface area contributed by atoms with Crippen LogP contribution < -0.4 is 11.2 Å². The number of aromatic hydroxyl groups is 1. The summed E-state index contributed by atoms with van der Waals surface area (Å²) in [6.07, 6.45) is 1.49. The van der Waals surface area contributed by atoms with Crippen molar-refractivity contribution in [1.29, 1.82) is 0 Å². The highest BCUT2D eigenvalue weighted by Crippen LogP contribution is 2.22. The minimum absolute atomic E-state index is 0.0334. The number of phenols is 1. The molecule has 0 atom stereocenters. The Morgan fingerprint density at radius 2 is 2.36 bits per heavy atom. The lowest BCUT2D eigenvalue weighted by atomic mass is 10.2. The minimum atomic E-state index is 0.0334. The van der Waals surface area contributed by atoms with E-state index < -0.39 is 0 Å². The Bertz CT molecular complexity index is 381. The summed E-state index contributed by atoms with van der Waals surface area (Å²) in [4.78, 5) is 0. The van der Waals surface area contributed by atoms with Gasteiger partial charge in [-0.25, -0.2) is 0 Å². The van der Waals surface area contributed by atoms with E-state index in [4.69, 9.17) is 22.4 Å². The predicted octanol–water partition coefficient (Wildman–Crippen LogP) is 1.21. The number of thiocarbonyl (C=S) groups is 1. The van der Waals surface area contributed by atoms with Crippen LogP contribution in [0.4, 0.5) is 0 Å². The van der Waals surface area contributed by atoms with E-state index in [9.17, 15) is 0 Å². The van der Waals surface area contributed by atoms with Crippen molar-refractivity contribution in [3.63, 3.8) is 0 Å². The maximum Gasteiger partial charge on any atom is 0.184 e. The first kappa shape index (κ1) is 10.7. The fraction of sp³-hybridized carbons (Fsp3) is 0. The third kappa shape index (κ3) is 3.20. The number of hydrogen-bond acceptors (Lipinski definition) is 3. The smallest absolute Gasteiger partial charge is 0.184 e. The molecule has 0 amide bonds. The van der Waals surface area contributed by atoms with Crippen molar-refractivity contribution in [2.45, 2.75) is 0 Å². The Balaban J connectivity index is 2.73. The zero-order valence-corrected chi connectivity index (χ0v) is 8.64. The van der Waals surface area contributed by atoms with Crippen LogP contribution in [-0.2, 0) is 0 Å². The summed E-state index contributed by atoms with van der Waals surface area (Å²) < 4.78 is 0. The number of phenolic OH excluding ortho intramolecular Hbond substituents is 1. The molecule has 0 aliphatic heterocycles. The molecule has 0 heterocycles. The Morgan fingerprint density at radius 3 is 2.93 bits per heavy atom. The summed E-state index contributed by atoms with van der Waals surface area (Å²) in [7, 11) is 0. The predicted molar refractivity (Wildman–Crippen MR) is 60.6 cm³/mol. The molecule has 0 spiro atoms. The fourth-order valence-electron chi connectivity index (χ4n) is 0.774. The first-order chi connectivity index (χ1) is 6.59. The molecule has 4 N–H and O–H groups in total. The number of halogens is 1. The van der Waals surface area contributed by atoms with Crippen molar-refractivity contribution in [2.24, 2.45) is 10.8 Å². The van der Waals surface area contributed by atoms with Gasteiger partial charge in [0.1, 0.15) is 5.75 Å². The highest BCUT2D eigenvalue weighted by atomic mass is 35.5. The Morgan fingerprint density at radius 1 is 1.64 bits per heavy atom. The third-order valence-corrected chi connectivity index (χ3v) is 1.75. The average Bonchev–Trinajstić information content (AvgIpc) is 2.10. The lowest BCUT2D eigenvalue weighted by Gasteiger charge is -1.98. The van der Waals surface area contributed by atoms with E-state index in [1.54, 1.807) is 12.1 Å². The van der Waals surface area contributed by atoms with E-state index >= 15 is 0 Å². The Labute approximate surface area is 91.4 Å². The molecule has 0 unspecified atom stereocenters. The number of nitrogens with one attached hydrogen (secondary N) is 1. The van der Waals surface area contributed by atoms with Gasteiger partial charge in [0.15, 0.2) is 5.11 Å². The largest absolute Gasteiger partial charge is 0.506 e. The lowest BCUT2D eigenvalue weighted by molar-refractivity contribution is 0.475. The molecule has 6 heteroatoms. The minimum Gasteiger partial charge on any atom is -0.506 e. The van der Waals surface area contributed by atoms with E-state index in [1.807, 2.05) is 0 Å². The fourth-order valence-corrected chi connectivity index (χ4v) is 1.02. The van der Waals surface area contributed by atoms with E-state index in [-0.39, 0.29) is 15.9 Å². The molecule has 1 aromatic rings. The molecule has 0 saturated carbocycles. The number of benzene rings is 1. The van der Waals surface area contributed by atoms with Crippen LogP contribution in [0.15, 0.2) is 23.3 Å². The lowest BCUT2D eigenvalue weighted by Crippen LogP contribution is -2.23. The quantitative estimate of drug-likeness (QED) is 0.405. The summed E-state index contributed by atoms with van der Waals surface area (Å²) in [5, 5.41) is 13.2. The summed E-state index contributed by atoms with van der Waals surface area (Å²) in [6, 6.07) is 4.71.